The number of carbonyl (C=O) groups excluding carboxylic acids is 1. The minimum absolute atomic E-state index is 0.293. The van der Waals surface area contributed by atoms with E-state index in [-0.39, 0.29) is 0 Å². The van der Waals surface area contributed by atoms with E-state index in [1.54, 1.807) is 0 Å². The Kier molecular flexibility index (Phi) is 5.00. The molecule has 0 atom stereocenters. The van der Waals surface area contributed by atoms with Crippen molar-refractivity contribution >= 4 is 16.8 Å². The molecule has 1 aromatic carbocycles. The van der Waals surface area contributed by atoms with Crippen molar-refractivity contribution in [2.45, 2.75) is 38.8 Å². The summed E-state index contributed by atoms with van der Waals surface area (Å²) < 4.78 is 0. The second kappa shape index (κ2) is 7.41. The van der Waals surface area contributed by atoms with Gasteiger partial charge in [-0.25, -0.2) is 0 Å². The van der Waals surface area contributed by atoms with Gasteiger partial charge in [0.15, 0.2) is 0 Å². The lowest BCUT2D eigenvalue weighted by molar-refractivity contribution is -0.135. The van der Waals surface area contributed by atoms with Crippen molar-refractivity contribution in [2.24, 2.45) is 0 Å². The maximum Gasteiger partial charge on any atom is 0.237 e. The summed E-state index contributed by atoms with van der Waals surface area (Å²) in [7, 11) is 2.17. The van der Waals surface area contributed by atoms with Crippen LogP contribution in [0.5, 0.6) is 0 Å². The third-order valence-corrected chi connectivity index (χ3v) is 6.11. The van der Waals surface area contributed by atoms with E-state index in [1.807, 2.05) is 0 Å². The summed E-state index contributed by atoms with van der Waals surface area (Å²) in [6.07, 6.45) is 3.22. The largest absolute Gasteiger partial charge is 0.357 e. The highest BCUT2D eigenvalue weighted by molar-refractivity contribution is 5.85. The summed E-state index contributed by atoms with van der Waals surface area (Å²) in [6, 6.07) is 8.93. The number of nitrogens with zero attached hydrogens (tertiary/aromatic N) is 3. The van der Waals surface area contributed by atoms with E-state index in [0.717, 1.165) is 52.0 Å². The topological polar surface area (TPSA) is 42.6 Å². The number of aromatic nitrogens is 1. The van der Waals surface area contributed by atoms with Crippen molar-refractivity contribution in [3.63, 3.8) is 0 Å². The molecule has 140 valence electrons. The molecule has 2 aliphatic rings. The Morgan fingerprint density at radius 2 is 2.00 bits per heavy atom. The lowest BCUT2D eigenvalue weighted by Gasteiger charge is -2.38. The van der Waals surface area contributed by atoms with Gasteiger partial charge in [0.1, 0.15) is 0 Å². The van der Waals surface area contributed by atoms with Crippen molar-refractivity contribution in [3.05, 3.63) is 35.5 Å². The Labute approximate surface area is 155 Å². The summed E-state index contributed by atoms with van der Waals surface area (Å²) in [5, 5.41) is 1.34. The fourth-order valence-electron chi connectivity index (χ4n) is 4.61. The van der Waals surface area contributed by atoms with Gasteiger partial charge in [0.25, 0.3) is 0 Å². The normalized spacial score (nSPS) is 19.6. The van der Waals surface area contributed by atoms with Crippen LogP contribution in [0.4, 0.5) is 0 Å². The van der Waals surface area contributed by atoms with E-state index in [0.29, 0.717) is 18.5 Å². The van der Waals surface area contributed by atoms with E-state index in [4.69, 9.17) is 0 Å². The molecule has 5 heteroatoms. The zero-order chi connectivity index (χ0) is 18.1. The van der Waals surface area contributed by atoms with Gasteiger partial charge in [0.2, 0.25) is 5.91 Å². The number of piperidine rings is 1. The monoisotopic (exact) mass is 354 g/mol. The van der Waals surface area contributed by atoms with Crippen molar-refractivity contribution < 1.29 is 4.79 Å². The zero-order valence-electron chi connectivity index (χ0n) is 16.0. The number of fused-ring (bicyclic) bond motifs is 3. The Morgan fingerprint density at radius 1 is 1.23 bits per heavy atom. The number of likely N-dealkylation sites (tertiary alicyclic amines) is 1. The van der Waals surface area contributed by atoms with Crippen LogP contribution in [-0.4, -0.2) is 71.4 Å². The molecule has 0 spiro atoms. The molecule has 1 N–H and O–H groups in total. The van der Waals surface area contributed by atoms with Crippen LogP contribution in [0.2, 0.25) is 0 Å². The molecule has 26 heavy (non-hydrogen) atoms. The summed E-state index contributed by atoms with van der Waals surface area (Å²) in [5.41, 5.74) is 3.94. The lowest BCUT2D eigenvalue weighted by atomic mass is 10.0. The van der Waals surface area contributed by atoms with Crippen LogP contribution in [0, 0.1) is 0 Å². The molecule has 1 amide bonds. The molecule has 0 saturated carbocycles. The van der Waals surface area contributed by atoms with E-state index in [9.17, 15) is 4.79 Å². The summed E-state index contributed by atoms with van der Waals surface area (Å²) in [4.78, 5) is 23.3. The molecule has 0 radical (unpaired) electrons. The van der Waals surface area contributed by atoms with Gasteiger partial charge < -0.3 is 14.8 Å². The van der Waals surface area contributed by atoms with Gasteiger partial charge in [-0.3, -0.25) is 9.69 Å². The number of likely N-dealkylation sites (N-methyl/N-ethyl adjacent to an activating group) is 1. The molecule has 0 bridgehead atoms. The molecule has 4 rings (SSSR count). The van der Waals surface area contributed by atoms with E-state index in [2.05, 4.69) is 57.9 Å². The minimum Gasteiger partial charge on any atom is -0.357 e. The molecular weight excluding hydrogens is 324 g/mol. The molecule has 2 aromatic rings. The molecule has 5 nitrogen and oxygen atoms in total. The van der Waals surface area contributed by atoms with Gasteiger partial charge in [-0.1, -0.05) is 18.2 Å². The van der Waals surface area contributed by atoms with Gasteiger partial charge in [0, 0.05) is 42.3 Å². The highest BCUT2D eigenvalue weighted by Crippen LogP contribution is 2.27. The predicted molar refractivity (Wildman–Crippen MR) is 105 cm³/mol. The SMILES string of the molecule is CCN(C(=O)CN1CCc2c([nH]c3ccccc23)C1)C1CCN(C)CC1. The van der Waals surface area contributed by atoms with Crippen LogP contribution in [0.3, 0.4) is 0 Å². The Bertz CT molecular complexity index is 775. The standard InChI is InChI=1S/C21H30N4O/c1-3-25(16-8-11-23(2)12-9-16)21(26)15-24-13-10-18-17-6-4-5-7-19(17)22-20(18)14-24/h4-7,16,22H,3,8-15H2,1-2H3. The maximum atomic E-state index is 13.0. The summed E-state index contributed by atoms with van der Waals surface area (Å²) in [5.74, 6) is 0.293. The highest BCUT2D eigenvalue weighted by atomic mass is 16.2. The first-order chi connectivity index (χ1) is 12.7. The quantitative estimate of drug-likeness (QED) is 0.917. The van der Waals surface area contributed by atoms with Gasteiger partial charge in [-0.05, 0) is 58.0 Å². The molecule has 0 unspecified atom stereocenters. The maximum absolute atomic E-state index is 13.0. The van der Waals surface area contributed by atoms with E-state index < -0.39 is 0 Å². The Hall–Kier alpha value is -1.85. The average Bonchev–Trinajstić information content (AvgIpc) is 3.01. The summed E-state index contributed by atoms with van der Waals surface area (Å²) >= 11 is 0. The first kappa shape index (κ1) is 17.6. The molecule has 0 aliphatic carbocycles. The molecule has 3 heterocycles. The molecule has 1 saturated heterocycles. The molecule has 1 fully saturated rings. The third-order valence-electron chi connectivity index (χ3n) is 6.11. The fourth-order valence-corrected chi connectivity index (χ4v) is 4.61. The van der Waals surface area contributed by atoms with Crippen molar-refractivity contribution in [1.82, 2.24) is 19.7 Å². The molecular formula is C21H30N4O. The number of aromatic amines is 1. The number of amides is 1. The van der Waals surface area contributed by atoms with E-state index >= 15 is 0 Å². The number of para-hydroxylation sites is 1. The second-order valence-electron chi connectivity index (χ2n) is 7.80. The van der Waals surface area contributed by atoms with Crippen molar-refractivity contribution in [3.8, 4) is 0 Å². The van der Waals surface area contributed by atoms with Crippen molar-refractivity contribution in [2.75, 3.05) is 39.8 Å². The van der Waals surface area contributed by atoms with Gasteiger partial charge in [-0.15, -0.1) is 0 Å². The first-order valence-electron chi connectivity index (χ1n) is 9.94. The fraction of sp³-hybridized carbons (Fsp3) is 0.571. The van der Waals surface area contributed by atoms with Gasteiger partial charge >= 0.3 is 0 Å². The average molecular weight is 354 g/mol. The van der Waals surface area contributed by atoms with Crippen molar-refractivity contribution in [1.29, 1.82) is 0 Å². The van der Waals surface area contributed by atoms with Crippen LogP contribution < -0.4 is 0 Å². The number of rotatable bonds is 4. The number of hydrogen-bond donors (Lipinski definition) is 1. The van der Waals surface area contributed by atoms with Gasteiger partial charge in [0.05, 0.1) is 6.54 Å². The predicted octanol–water partition coefficient (Wildman–Crippen LogP) is 2.47. The number of nitrogens with one attached hydrogen (secondary N) is 1. The number of carbonyl (C=O) groups is 1. The highest BCUT2D eigenvalue weighted by Gasteiger charge is 2.28. The van der Waals surface area contributed by atoms with Crippen LogP contribution in [-0.2, 0) is 17.8 Å². The summed E-state index contributed by atoms with van der Waals surface area (Å²) in [6.45, 7) is 7.47. The molecule has 2 aliphatic heterocycles. The van der Waals surface area contributed by atoms with Crippen LogP contribution in [0.25, 0.3) is 10.9 Å². The number of hydrogen-bond acceptors (Lipinski definition) is 3. The van der Waals surface area contributed by atoms with Crippen LogP contribution >= 0.6 is 0 Å². The zero-order valence-corrected chi connectivity index (χ0v) is 16.0. The Balaban J connectivity index is 1.41. The third kappa shape index (κ3) is 3.38. The van der Waals surface area contributed by atoms with Crippen LogP contribution in [0.15, 0.2) is 24.3 Å². The lowest BCUT2D eigenvalue weighted by Crippen LogP contribution is -2.50. The van der Waals surface area contributed by atoms with E-state index in [1.165, 1.54) is 22.2 Å². The Morgan fingerprint density at radius 3 is 2.77 bits per heavy atom. The number of benzene rings is 1. The number of H-pyrrole nitrogens is 1. The minimum atomic E-state index is 0.293. The second-order valence-corrected chi connectivity index (χ2v) is 7.80. The van der Waals surface area contributed by atoms with Gasteiger partial charge in [-0.2, -0.15) is 0 Å². The molecule has 1 aromatic heterocycles. The van der Waals surface area contributed by atoms with Crippen LogP contribution in [0.1, 0.15) is 31.0 Å². The first-order valence-corrected chi connectivity index (χ1v) is 9.94. The smallest absolute Gasteiger partial charge is 0.237 e.